The Hall–Kier alpha value is -2.14. The Kier molecular flexibility index (Phi) is 5.55. The van der Waals surface area contributed by atoms with Gasteiger partial charge in [0.05, 0.1) is 5.56 Å². The van der Waals surface area contributed by atoms with Gasteiger partial charge in [0, 0.05) is 11.8 Å². The highest BCUT2D eigenvalue weighted by Gasteiger charge is 2.23. The van der Waals surface area contributed by atoms with Crippen molar-refractivity contribution in [3.05, 3.63) is 58.8 Å². The van der Waals surface area contributed by atoms with Crippen LogP contribution in [-0.4, -0.2) is 29.1 Å². The summed E-state index contributed by atoms with van der Waals surface area (Å²) >= 11 is 1.36. The van der Waals surface area contributed by atoms with Gasteiger partial charge in [-0.15, -0.1) is 11.8 Å². The molecule has 5 heteroatoms. The summed E-state index contributed by atoms with van der Waals surface area (Å²) in [4.78, 5) is 29.0. The zero-order valence-electron chi connectivity index (χ0n) is 13.6. The largest absolute Gasteiger partial charge is 0.451 e. The van der Waals surface area contributed by atoms with Crippen molar-refractivity contribution in [3.63, 3.8) is 0 Å². The van der Waals surface area contributed by atoms with Crippen molar-refractivity contribution in [1.29, 1.82) is 0 Å². The average Bonchev–Trinajstić information content (AvgIpc) is 2.56. The van der Waals surface area contributed by atoms with Crippen LogP contribution in [0.15, 0.2) is 41.6 Å². The monoisotopic (exact) mass is 329 g/mol. The Morgan fingerprint density at radius 1 is 1.17 bits per heavy atom. The minimum atomic E-state index is -0.849. The third-order valence-electron chi connectivity index (χ3n) is 3.50. The molecule has 1 heterocycles. The summed E-state index contributed by atoms with van der Waals surface area (Å²) in [7, 11) is 0. The zero-order chi connectivity index (χ0) is 17.0. The Bertz CT molecular complexity index is 743. The van der Waals surface area contributed by atoms with Crippen molar-refractivity contribution in [1.82, 2.24) is 4.98 Å². The number of carbonyl (C=O) groups excluding carboxylic acids is 2. The van der Waals surface area contributed by atoms with Crippen LogP contribution in [0.25, 0.3) is 0 Å². The number of thioether (sulfide) groups is 1. The van der Waals surface area contributed by atoms with Gasteiger partial charge in [-0.1, -0.05) is 17.7 Å². The van der Waals surface area contributed by atoms with Gasteiger partial charge in [0.2, 0.25) is 5.78 Å². The number of pyridine rings is 1. The summed E-state index contributed by atoms with van der Waals surface area (Å²) in [5.74, 6) is -0.734. The number of aromatic nitrogens is 1. The molecule has 0 spiro atoms. The quantitative estimate of drug-likeness (QED) is 0.474. The van der Waals surface area contributed by atoms with Crippen LogP contribution >= 0.6 is 11.8 Å². The van der Waals surface area contributed by atoms with E-state index in [1.165, 1.54) is 11.8 Å². The van der Waals surface area contributed by atoms with E-state index in [0.717, 1.165) is 11.1 Å². The maximum Gasteiger partial charge on any atom is 0.341 e. The molecule has 0 bridgehead atoms. The first-order chi connectivity index (χ1) is 10.9. The van der Waals surface area contributed by atoms with Crippen LogP contribution in [0.4, 0.5) is 0 Å². The second-order valence-corrected chi connectivity index (χ2v) is 6.09. The molecule has 23 heavy (non-hydrogen) atoms. The number of ether oxygens (including phenoxy) is 1. The molecule has 120 valence electrons. The number of Topliss-reactive ketones (excluding diaryl/α,β-unsaturated/α-hetero) is 1. The molecule has 0 fully saturated rings. The average molecular weight is 329 g/mol. The second-order valence-electron chi connectivity index (χ2n) is 5.29. The highest BCUT2D eigenvalue weighted by molar-refractivity contribution is 7.98. The third-order valence-corrected chi connectivity index (χ3v) is 4.21. The lowest BCUT2D eigenvalue weighted by molar-refractivity contribution is 0.0314. The molecule has 2 rings (SSSR count). The van der Waals surface area contributed by atoms with E-state index in [9.17, 15) is 9.59 Å². The number of rotatable bonds is 5. The maximum atomic E-state index is 12.5. The summed E-state index contributed by atoms with van der Waals surface area (Å²) in [6, 6.07) is 8.98. The van der Waals surface area contributed by atoms with Crippen molar-refractivity contribution >= 4 is 23.5 Å². The van der Waals surface area contributed by atoms with Gasteiger partial charge in [-0.2, -0.15) is 0 Å². The lowest BCUT2D eigenvalue weighted by Crippen LogP contribution is -2.25. The van der Waals surface area contributed by atoms with Crippen LogP contribution in [0, 0.1) is 13.8 Å². The SMILES string of the molecule is CSc1ncccc1C(=O)O[C@H](C)C(=O)c1cc(C)ccc1C. The number of benzene rings is 1. The van der Waals surface area contributed by atoms with Gasteiger partial charge in [0.15, 0.2) is 6.10 Å². The Morgan fingerprint density at radius 2 is 1.91 bits per heavy atom. The first kappa shape index (κ1) is 17.2. The standard InChI is InChI=1S/C18H19NO3S/c1-11-7-8-12(2)15(10-11)16(20)13(3)22-18(21)14-6-5-9-19-17(14)23-4/h5-10,13H,1-4H3/t13-/m1/s1. The number of hydrogen-bond acceptors (Lipinski definition) is 5. The predicted molar refractivity (Wildman–Crippen MR) is 91.1 cm³/mol. The van der Waals surface area contributed by atoms with Crippen molar-refractivity contribution in [2.24, 2.45) is 0 Å². The summed E-state index contributed by atoms with van der Waals surface area (Å²) < 4.78 is 5.35. The Balaban J connectivity index is 2.18. The summed E-state index contributed by atoms with van der Waals surface area (Å²) in [6.07, 6.45) is 2.61. The zero-order valence-corrected chi connectivity index (χ0v) is 14.4. The lowest BCUT2D eigenvalue weighted by atomic mass is 9.99. The van der Waals surface area contributed by atoms with Crippen LogP contribution < -0.4 is 0 Å². The number of aryl methyl sites for hydroxylation is 2. The number of nitrogens with zero attached hydrogens (tertiary/aromatic N) is 1. The van der Waals surface area contributed by atoms with E-state index in [0.29, 0.717) is 16.2 Å². The molecule has 0 aliphatic heterocycles. The van der Waals surface area contributed by atoms with Crippen LogP contribution in [0.1, 0.15) is 38.8 Å². The highest BCUT2D eigenvalue weighted by Crippen LogP contribution is 2.20. The van der Waals surface area contributed by atoms with Gasteiger partial charge >= 0.3 is 5.97 Å². The molecule has 0 amide bonds. The van der Waals surface area contributed by atoms with Crippen molar-refractivity contribution in [3.8, 4) is 0 Å². The van der Waals surface area contributed by atoms with Gasteiger partial charge in [0.1, 0.15) is 5.03 Å². The molecule has 0 unspecified atom stereocenters. The van der Waals surface area contributed by atoms with Crippen LogP contribution in [0.5, 0.6) is 0 Å². The molecule has 4 nitrogen and oxygen atoms in total. The number of ketones is 1. The number of esters is 1. The highest BCUT2D eigenvalue weighted by atomic mass is 32.2. The molecular formula is C18H19NO3S. The first-order valence-electron chi connectivity index (χ1n) is 7.25. The Labute approximate surface area is 140 Å². The second kappa shape index (κ2) is 7.42. The topological polar surface area (TPSA) is 56.3 Å². The van der Waals surface area contributed by atoms with E-state index in [1.54, 1.807) is 25.3 Å². The minimum absolute atomic E-state index is 0.200. The third kappa shape index (κ3) is 3.99. The number of carbonyl (C=O) groups is 2. The van der Waals surface area contributed by atoms with Gasteiger partial charge < -0.3 is 4.74 Å². The van der Waals surface area contributed by atoms with E-state index in [2.05, 4.69) is 4.98 Å². The molecule has 0 aliphatic carbocycles. The van der Waals surface area contributed by atoms with E-state index < -0.39 is 12.1 Å². The van der Waals surface area contributed by atoms with Gasteiger partial charge in [-0.3, -0.25) is 4.79 Å². The summed E-state index contributed by atoms with van der Waals surface area (Å²) in [6.45, 7) is 5.39. The van der Waals surface area contributed by atoms with Crippen molar-refractivity contribution in [2.75, 3.05) is 6.26 Å². The van der Waals surface area contributed by atoms with Gasteiger partial charge in [-0.25, -0.2) is 9.78 Å². The smallest absolute Gasteiger partial charge is 0.341 e. The van der Waals surface area contributed by atoms with Gasteiger partial charge in [-0.05, 0) is 50.8 Å². The summed E-state index contributed by atoms with van der Waals surface area (Å²) in [5, 5.41) is 0.587. The van der Waals surface area contributed by atoms with Gasteiger partial charge in [0.25, 0.3) is 0 Å². The van der Waals surface area contributed by atoms with E-state index >= 15 is 0 Å². The molecule has 0 saturated heterocycles. The van der Waals surface area contributed by atoms with Crippen LogP contribution in [-0.2, 0) is 4.74 Å². The van der Waals surface area contributed by atoms with E-state index in [4.69, 9.17) is 4.74 Å². The van der Waals surface area contributed by atoms with E-state index in [1.807, 2.05) is 38.3 Å². The van der Waals surface area contributed by atoms with Crippen molar-refractivity contribution in [2.45, 2.75) is 31.9 Å². The fourth-order valence-electron chi connectivity index (χ4n) is 2.21. The fraction of sp³-hybridized carbons (Fsp3) is 0.278. The van der Waals surface area contributed by atoms with Crippen LogP contribution in [0.3, 0.4) is 0 Å². The molecule has 0 radical (unpaired) electrons. The normalized spacial score (nSPS) is 11.8. The number of hydrogen-bond donors (Lipinski definition) is 0. The van der Waals surface area contributed by atoms with Crippen LogP contribution in [0.2, 0.25) is 0 Å². The Morgan fingerprint density at radius 3 is 2.61 bits per heavy atom. The van der Waals surface area contributed by atoms with E-state index in [-0.39, 0.29) is 5.78 Å². The maximum absolute atomic E-state index is 12.5. The molecule has 2 aromatic rings. The first-order valence-corrected chi connectivity index (χ1v) is 8.48. The lowest BCUT2D eigenvalue weighted by Gasteiger charge is -2.15. The molecule has 1 aromatic heterocycles. The molecule has 1 atom stereocenters. The summed E-state index contributed by atoms with van der Waals surface area (Å²) in [5.41, 5.74) is 2.83. The molecule has 0 aliphatic rings. The molecular weight excluding hydrogens is 310 g/mol. The van der Waals surface area contributed by atoms with Crippen molar-refractivity contribution < 1.29 is 14.3 Å². The molecule has 0 N–H and O–H groups in total. The molecule has 0 saturated carbocycles. The minimum Gasteiger partial charge on any atom is -0.451 e. The molecule has 1 aromatic carbocycles. The predicted octanol–water partition coefficient (Wildman–Crippen LogP) is 3.85. The fourth-order valence-corrected chi connectivity index (χ4v) is 2.74.